The number of pyridine rings is 1. The smallest absolute Gasteiger partial charge is 0.238 e. The van der Waals surface area contributed by atoms with Crippen molar-refractivity contribution in [3.63, 3.8) is 0 Å². The molecule has 2 N–H and O–H groups in total. The molecule has 2 rings (SSSR count). The molecule has 0 bridgehead atoms. The molecule has 1 amide bonds. The largest absolute Gasteiger partial charge is 0.324 e. The van der Waals surface area contributed by atoms with Crippen molar-refractivity contribution in [2.24, 2.45) is 0 Å². The fourth-order valence-corrected chi connectivity index (χ4v) is 2.61. The van der Waals surface area contributed by atoms with Gasteiger partial charge in [-0.05, 0) is 25.5 Å². The zero-order chi connectivity index (χ0) is 14.4. The third kappa shape index (κ3) is 3.61. The fraction of sp³-hybridized carbons (Fsp3) is 0.357. The molecule has 2 aromatic rings. The Balaban J connectivity index is 1.92. The Hall–Kier alpha value is -1.79. The van der Waals surface area contributed by atoms with Gasteiger partial charge in [-0.2, -0.15) is 0 Å². The van der Waals surface area contributed by atoms with E-state index < -0.39 is 0 Å². The highest BCUT2D eigenvalue weighted by atomic mass is 32.1. The molecule has 2 aromatic heterocycles. The van der Waals surface area contributed by atoms with E-state index in [-0.39, 0.29) is 18.0 Å². The van der Waals surface area contributed by atoms with Crippen molar-refractivity contribution in [2.75, 3.05) is 11.9 Å². The molecule has 0 fully saturated rings. The van der Waals surface area contributed by atoms with Gasteiger partial charge in [0.25, 0.3) is 0 Å². The third-order valence-corrected chi connectivity index (χ3v) is 4.23. The summed E-state index contributed by atoms with van der Waals surface area (Å²) in [7, 11) is 0. The van der Waals surface area contributed by atoms with E-state index in [2.05, 4.69) is 34.4 Å². The summed E-state index contributed by atoms with van der Waals surface area (Å²) < 4.78 is 0. The molecule has 0 unspecified atom stereocenters. The van der Waals surface area contributed by atoms with E-state index in [1.807, 2.05) is 11.4 Å². The average Bonchev–Trinajstić information content (AvgIpc) is 3.01. The molecule has 0 aromatic carbocycles. The van der Waals surface area contributed by atoms with Gasteiger partial charge in [0.2, 0.25) is 5.91 Å². The van der Waals surface area contributed by atoms with Crippen LogP contribution in [0, 0.1) is 0 Å². The van der Waals surface area contributed by atoms with Gasteiger partial charge in [0, 0.05) is 17.8 Å². The topological polar surface area (TPSA) is 66.9 Å². The zero-order valence-corrected chi connectivity index (χ0v) is 12.4. The van der Waals surface area contributed by atoms with Crippen LogP contribution >= 0.6 is 11.3 Å². The Morgan fingerprint density at radius 2 is 2.30 bits per heavy atom. The highest BCUT2D eigenvalue weighted by molar-refractivity contribution is 7.09. The van der Waals surface area contributed by atoms with Crippen molar-refractivity contribution in [2.45, 2.75) is 25.8 Å². The standard InChI is InChI=1S/C14H18N4OS/c1-3-14(2,13-16-7-8-20-13)17-10-12(19)18-11-5-4-6-15-9-11/h4-9,17H,3,10H2,1-2H3,(H,18,19)/t14-/m0/s1. The number of anilines is 1. The lowest BCUT2D eigenvalue weighted by Gasteiger charge is -2.27. The van der Waals surface area contributed by atoms with Crippen LogP contribution in [0.25, 0.3) is 0 Å². The van der Waals surface area contributed by atoms with E-state index in [9.17, 15) is 4.79 Å². The fourth-order valence-electron chi connectivity index (χ4n) is 1.77. The van der Waals surface area contributed by atoms with Gasteiger partial charge in [-0.3, -0.25) is 15.1 Å². The minimum Gasteiger partial charge on any atom is -0.324 e. The molecule has 20 heavy (non-hydrogen) atoms. The summed E-state index contributed by atoms with van der Waals surface area (Å²) in [5.41, 5.74) is 0.423. The molecular formula is C14H18N4OS. The van der Waals surface area contributed by atoms with Crippen molar-refractivity contribution in [3.8, 4) is 0 Å². The Labute approximate surface area is 122 Å². The first-order valence-corrected chi connectivity index (χ1v) is 7.37. The summed E-state index contributed by atoms with van der Waals surface area (Å²) in [6.07, 6.45) is 5.94. The molecule has 0 aliphatic carbocycles. The second kappa shape index (κ2) is 6.58. The highest BCUT2D eigenvalue weighted by Gasteiger charge is 2.27. The minimum atomic E-state index is -0.277. The Bertz CT molecular complexity index is 544. The summed E-state index contributed by atoms with van der Waals surface area (Å²) in [6.45, 7) is 4.37. The number of amides is 1. The molecule has 106 valence electrons. The van der Waals surface area contributed by atoms with Crippen molar-refractivity contribution in [3.05, 3.63) is 41.1 Å². The van der Waals surface area contributed by atoms with Gasteiger partial charge in [-0.15, -0.1) is 11.3 Å². The first-order valence-electron chi connectivity index (χ1n) is 6.49. The molecular weight excluding hydrogens is 272 g/mol. The van der Waals surface area contributed by atoms with Gasteiger partial charge >= 0.3 is 0 Å². The molecule has 0 saturated heterocycles. The second-order valence-corrected chi connectivity index (χ2v) is 5.56. The van der Waals surface area contributed by atoms with E-state index in [1.54, 1.807) is 36.0 Å². The predicted molar refractivity (Wildman–Crippen MR) is 80.6 cm³/mol. The molecule has 0 aliphatic rings. The first-order chi connectivity index (χ1) is 9.64. The van der Waals surface area contributed by atoms with Crippen LogP contribution in [-0.4, -0.2) is 22.4 Å². The van der Waals surface area contributed by atoms with Crippen molar-refractivity contribution >= 4 is 22.9 Å². The van der Waals surface area contributed by atoms with Crippen LogP contribution in [0.5, 0.6) is 0 Å². The Kier molecular flexibility index (Phi) is 4.81. The number of thiazole rings is 1. The molecule has 1 atom stereocenters. The van der Waals surface area contributed by atoms with E-state index in [4.69, 9.17) is 0 Å². The van der Waals surface area contributed by atoms with Crippen LogP contribution in [0.15, 0.2) is 36.1 Å². The molecule has 2 heterocycles. The number of aromatic nitrogens is 2. The van der Waals surface area contributed by atoms with Gasteiger partial charge in [0.05, 0.1) is 24.0 Å². The lowest BCUT2D eigenvalue weighted by atomic mass is 10.00. The van der Waals surface area contributed by atoms with Crippen LogP contribution in [0.2, 0.25) is 0 Å². The van der Waals surface area contributed by atoms with Gasteiger partial charge in [0.15, 0.2) is 0 Å². The monoisotopic (exact) mass is 290 g/mol. The van der Waals surface area contributed by atoms with Gasteiger partial charge in [-0.25, -0.2) is 4.98 Å². The first kappa shape index (κ1) is 14.6. The maximum Gasteiger partial charge on any atom is 0.238 e. The van der Waals surface area contributed by atoms with Crippen molar-refractivity contribution < 1.29 is 4.79 Å². The van der Waals surface area contributed by atoms with Gasteiger partial charge in [-0.1, -0.05) is 6.92 Å². The summed E-state index contributed by atoms with van der Waals surface area (Å²) in [5, 5.41) is 9.03. The second-order valence-electron chi connectivity index (χ2n) is 4.67. The Morgan fingerprint density at radius 3 is 2.90 bits per heavy atom. The average molecular weight is 290 g/mol. The van der Waals surface area contributed by atoms with E-state index in [0.717, 1.165) is 11.4 Å². The Morgan fingerprint density at radius 1 is 1.45 bits per heavy atom. The van der Waals surface area contributed by atoms with E-state index in [0.29, 0.717) is 5.69 Å². The minimum absolute atomic E-state index is 0.0887. The van der Waals surface area contributed by atoms with Crippen molar-refractivity contribution in [1.29, 1.82) is 0 Å². The number of nitrogens with zero attached hydrogens (tertiary/aromatic N) is 2. The molecule has 6 heteroatoms. The third-order valence-electron chi connectivity index (χ3n) is 3.20. The number of nitrogens with one attached hydrogen (secondary N) is 2. The van der Waals surface area contributed by atoms with Crippen LogP contribution in [0.1, 0.15) is 25.3 Å². The van der Waals surface area contributed by atoms with Gasteiger partial charge in [0.1, 0.15) is 5.01 Å². The molecule has 0 aliphatic heterocycles. The van der Waals surface area contributed by atoms with E-state index >= 15 is 0 Å². The summed E-state index contributed by atoms with van der Waals surface area (Å²) >= 11 is 1.59. The summed E-state index contributed by atoms with van der Waals surface area (Å²) in [6, 6.07) is 3.60. The van der Waals surface area contributed by atoms with E-state index in [1.165, 1.54) is 0 Å². The number of carbonyl (C=O) groups excluding carboxylic acids is 1. The molecule has 0 radical (unpaired) electrons. The quantitative estimate of drug-likeness (QED) is 0.857. The van der Waals surface area contributed by atoms with Crippen LogP contribution in [0.3, 0.4) is 0 Å². The maximum absolute atomic E-state index is 11.9. The lowest BCUT2D eigenvalue weighted by Crippen LogP contribution is -2.43. The van der Waals surface area contributed by atoms with Crippen molar-refractivity contribution in [1.82, 2.24) is 15.3 Å². The molecule has 0 spiro atoms. The molecule has 0 saturated carbocycles. The van der Waals surface area contributed by atoms with Crippen LogP contribution in [-0.2, 0) is 10.3 Å². The lowest BCUT2D eigenvalue weighted by molar-refractivity contribution is -0.115. The maximum atomic E-state index is 11.9. The highest BCUT2D eigenvalue weighted by Crippen LogP contribution is 2.25. The SMILES string of the molecule is CC[C@](C)(NCC(=O)Nc1cccnc1)c1nccs1. The zero-order valence-electron chi connectivity index (χ0n) is 11.6. The van der Waals surface area contributed by atoms with Gasteiger partial charge < -0.3 is 5.32 Å². The van der Waals surface area contributed by atoms with Crippen LogP contribution in [0.4, 0.5) is 5.69 Å². The summed E-state index contributed by atoms with van der Waals surface area (Å²) in [5.74, 6) is -0.0887. The number of hydrogen-bond donors (Lipinski definition) is 2. The predicted octanol–water partition coefficient (Wildman–Crippen LogP) is 2.39. The van der Waals surface area contributed by atoms with Crippen LogP contribution < -0.4 is 10.6 Å². The molecule has 5 nitrogen and oxygen atoms in total. The normalized spacial score (nSPS) is 13.7. The number of rotatable bonds is 6. The number of carbonyl (C=O) groups is 1. The summed E-state index contributed by atoms with van der Waals surface area (Å²) in [4.78, 5) is 20.2. The number of hydrogen-bond acceptors (Lipinski definition) is 5.